The van der Waals surface area contributed by atoms with Gasteiger partial charge in [-0.15, -0.1) is 0 Å². The van der Waals surface area contributed by atoms with Crippen molar-refractivity contribution in [2.45, 2.75) is 26.2 Å². The van der Waals surface area contributed by atoms with E-state index in [1.807, 2.05) is 12.1 Å². The average molecular weight is 300 g/mol. The maximum absolute atomic E-state index is 11.6. The normalized spacial score (nSPS) is 12.2. The van der Waals surface area contributed by atoms with Crippen LogP contribution < -0.4 is 9.46 Å². The molecule has 20 heavy (non-hydrogen) atoms. The van der Waals surface area contributed by atoms with Crippen molar-refractivity contribution in [1.82, 2.24) is 9.03 Å². The number of benzene rings is 1. The van der Waals surface area contributed by atoms with Crippen LogP contribution in [0.5, 0.6) is 5.75 Å². The molecule has 6 heteroatoms. The third kappa shape index (κ3) is 4.47. The first-order chi connectivity index (χ1) is 9.27. The lowest BCUT2D eigenvalue weighted by Gasteiger charge is -2.15. The zero-order valence-corrected chi connectivity index (χ0v) is 13.6. The van der Waals surface area contributed by atoms with Gasteiger partial charge in [0.05, 0.1) is 7.11 Å². The molecule has 114 valence electrons. The first kappa shape index (κ1) is 16.9. The molecule has 0 aliphatic carbocycles. The fourth-order valence-corrected chi connectivity index (χ4v) is 2.41. The molecular formula is C14H24N2O3S. The molecule has 0 atom stereocenters. The molecule has 1 N–H and O–H groups in total. The molecule has 0 aliphatic rings. The molecular weight excluding hydrogens is 276 g/mol. The van der Waals surface area contributed by atoms with E-state index in [0.29, 0.717) is 18.9 Å². The number of hydrogen-bond donors (Lipinski definition) is 1. The van der Waals surface area contributed by atoms with E-state index in [4.69, 9.17) is 4.74 Å². The molecule has 0 aliphatic heterocycles. The Hall–Kier alpha value is -1.11. The van der Waals surface area contributed by atoms with Crippen LogP contribution in [0.3, 0.4) is 0 Å². The van der Waals surface area contributed by atoms with E-state index in [9.17, 15) is 8.42 Å². The van der Waals surface area contributed by atoms with Gasteiger partial charge in [-0.25, -0.2) is 4.72 Å². The highest BCUT2D eigenvalue weighted by atomic mass is 32.2. The van der Waals surface area contributed by atoms with Gasteiger partial charge >= 0.3 is 0 Å². The lowest BCUT2D eigenvalue weighted by atomic mass is 9.99. The molecule has 0 aromatic heterocycles. The minimum Gasteiger partial charge on any atom is -0.496 e. The molecule has 1 aromatic rings. The summed E-state index contributed by atoms with van der Waals surface area (Å²) in [5, 5.41) is 0. The molecule has 0 saturated carbocycles. The van der Waals surface area contributed by atoms with Gasteiger partial charge in [0.15, 0.2) is 0 Å². The van der Waals surface area contributed by atoms with Gasteiger partial charge in [0.2, 0.25) is 0 Å². The van der Waals surface area contributed by atoms with E-state index in [-0.39, 0.29) is 0 Å². The van der Waals surface area contributed by atoms with Crippen molar-refractivity contribution in [3.63, 3.8) is 0 Å². The van der Waals surface area contributed by atoms with E-state index in [2.05, 4.69) is 24.6 Å². The van der Waals surface area contributed by atoms with Crippen LogP contribution in [-0.2, 0) is 16.6 Å². The Kier molecular flexibility index (Phi) is 5.98. The molecule has 5 nitrogen and oxygen atoms in total. The van der Waals surface area contributed by atoms with Gasteiger partial charge in [0, 0.05) is 20.6 Å². The van der Waals surface area contributed by atoms with Crippen molar-refractivity contribution in [1.29, 1.82) is 0 Å². The SMILES string of the molecule is COc1ccc(C(C)C)cc1CCNS(=O)(=O)N(C)C. The molecule has 0 saturated heterocycles. The van der Waals surface area contributed by atoms with Gasteiger partial charge in [0.1, 0.15) is 5.75 Å². The van der Waals surface area contributed by atoms with Crippen LogP contribution in [0.2, 0.25) is 0 Å². The summed E-state index contributed by atoms with van der Waals surface area (Å²) >= 11 is 0. The Labute approximate surface area is 122 Å². The van der Waals surface area contributed by atoms with Crippen molar-refractivity contribution < 1.29 is 13.2 Å². The highest BCUT2D eigenvalue weighted by Crippen LogP contribution is 2.24. The smallest absolute Gasteiger partial charge is 0.278 e. The predicted molar refractivity (Wildman–Crippen MR) is 81.4 cm³/mol. The topological polar surface area (TPSA) is 58.6 Å². The van der Waals surface area contributed by atoms with Crippen LogP contribution in [0.4, 0.5) is 0 Å². The number of nitrogens with one attached hydrogen (secondary N) is 1. The molecule has 0 spiro atoms. The number of ether oxygens (including phenoxy) is 1. The van der Waals surface area contributed by atoms with Crippen molar-refractivity contribution in [2.24, 2.45) is 0 Å². The number of nitrogens with zero attached hydrogens (tertiary/aromatic N) is 1. The second-order valence-electron chi connectivity index (χ2n) is 5.16. The Morgan fingerprint density at radius 1 is 1.30 bits per heavy atom. The van der Waals surface area contributed by atoms with Gasteiger partial charge < -0.3 is 4.74 Å². The second kappa shape index (κ2) is 7.06. The lowest BCUT2D eigenvalue weighted by Crippen LogP contribution is -2.36. The number of rotatable bonds is 7. The third-order valence-corrected chi connectivity index (χ3v) is 4.66. The van der Waals surface area contributed by atoms with Gasteiger partial charge in [-0.1, -0.05) is 26.0 Å². The molecule has 1 rings (SSSR count). The maximum Gasteiger partial charge on any atom is 0.278 e. The summed E-state index contributed by atoms with van der Waals surface area (Å²) < 4.78 is 32.3. The second-order valence-corrected chi connectivity index (χ2v) is 7.13. The van der Waals surface area contributed by atoms with Crippen molar-refractivity contribution in [3.05, 3.63) is 29.3 Å². The Morgan fingerprint density at radius 2 is 1.95 bits per heavy atom. The zero-order valence-electron chi connectivity index (χ0n) is 12.8. The lowest BCUT2D eigenvalue weighted by molar-refractivity contribution is 0.409. The van der Waals surface area contributed by atoms with Crippen LogP contribution in [0, 0.1) is 0 Å². The molecule has 0 unspecified atom stereocenters. The van der Waals surface area contributed by atoms with E-state index < -0.39 is 10.2 Å². The van der Waals surface area contributed by atoms with E-state index >= 15 is 0 Å². The molecule has 0 amide bonds. The van der Waals surface area contributed by atoms with E-state index in [1.165, 1.54) is 19.7 Å². The van der Waals surface area contributed by atoms with Crippen LogP contribution in [0.1, 0.15) is 30.9 Å². The summed E-state index contributed by atoms with van der Waals surface area (Å²) in [6, 6.07) is 6.05. The first-order valence-corrected chi connectivity index (χ1v) is 8.06. The van der Waals surface area contributed by atoms with Gasteiger partial charge in [-0.2, -0.15) is 12.7 Å². The molecule has 0 heterocycles. The van der Waals surface area contributed by atoms with Crippen LogP contribution in [-0.4, -0.2) is 40.5 Å². The van der Waals surface area contributed by atoms with Crippen molar-refractivity contribution in [3.8, 4) is 5.75 Å². The number of methoxy groups -OCH3 is 1. The fourth-order valence-electron chi connectivity index (χ4n) is 1.80. The largest absolute Gasteiger partial charge is 0.496 e. The minimum atomic E-state index is -3.37. The summed E-state index contributed by atoms with van der Waals surface area (Å²) in [6.07, 6.45) is 0.594. The number of hydrogen-bond acceptors (Lipinski definition) is 3. The Morgan fingerprint density at radius 3 is 2.45 bits per heavy atom. The summed E-state index contributed by atoms with van der Waals surface area (Å²) in [6.45, 7) is 4.60. The molecule has 0 radical (unpaired) electrons. The third-order valence-electron chi connectivity index (χ3n) is 3.13. The van der Waals surface area contributed by atoms with Crippen LogP contribution in [0.15, 0.2) is 18.2 Å². The molecule has 0 bridgehead atoms. The summed E-state index contributed by atoms with van der Waals surface area (Å²) in [7, 11) is 1.26. The van der Waals surface area contributed by atoms with Crippen LogP contribution >= 0.6 is 0 Å². The highest BCUT2D eigenvalue weighted by molar-refractivity contribution is 7.87. The van der Waals surface area contributed by atoms with Crippen molar-refractivity contribution >= 4 is 10.2 Å². The maximum atomic E-state index is 11.6. The fraction of sp³-hybridized carbons (Fsp3) is 0.571. The van der Waals surface area contributed by atoms with Crippen molar-refractivity contribution in [2.75, 3.05) is 27.7 Å². The molecule has 1 aromatic carbocycles. The predicted octanol–water partition coefficient (Wildman–Crippen LogP) is 1.76. The van der Waals surface area contributed by atoms with Gasteiger partial charge in [-0.3, -0.25) is 0 Å². The van der Waals surface area contributed by atoms with Gasteiger partial charge in [-0.05, 0) is 29.5 Å². The van der Waals surface area contributed by atoms with Crippen LogP contribution in [0.25, 0.3) is 0 Å². The van der Waals surface area contributed by atoms with E-state index in [1.54, 1.807) is 7.11 Å². The quantitative estimate of drug-likeness (QED) is 0.834. The van der Waals surface area contributed by atoms with Gasteiger partial charge in [0.25, 0.3) is 10.2 Å². The summed E-state index contributed by atoms with van der Waals surface area (Å²) in [5.74, 6) is 1.22. The monoisotopic (exact) mass is 300 g/mol. The summed E-state index contributed by atoms with van der Waals surface area (Å²) in [5.41, 5.74) is 2.23. The Balaban J connectivity index is 2.79. The standard InChI is InChI=1S/C14H24N2O3S/c1-11(2)12-6-7-14(19-5)13(10-12)8-9-15-20(17,18)16(3)4/h6-7,10-11,15H,8-9H2,1-5H3. The minimum absolute atomic E-state index is 0.346. The average Bonchev–Trinajstić information content (AvgIpc) is 2.38. The molecule has 0 fully saturated rings. The first-order valence-electron chi connectivity index (χ1n) is 6.62. The summed E-state index contributed by atoms with van der Waals surface area (Å²) in [4.78, 5) is 0. The Bertz CT molecular complexity index is 539. The van der Waals surface area contributed by atoms with E-state index in [0.717, 1.165) is 15.6 Å². The highest BCUT2D eigenvalue weighted by Gasteiger charge is 2.13. The zero-order chi connectivity index (χ0) is 15.3.